The molecule has 0 aliphatic carbocycles. The third-order valence-corrected chi connectivity index (χ3v) is 3.76. The molecule has 0 amide bonds. The number of aromatic carboxylic acids is 1. The maximum atomic E-state index is 11.3. The maximum absolute atomic E-state index is 11.3. The lowest BCUT2D eigenvalue weighted by Gasteiger charge is -2.39. The van der Waals surface area contributed by atoms with E-state index in [1.54, 1.807) is 18.2 Å². The number of anilines is 2. The summed E-state index contributed by atoms with van der Waals surface area (Å²) in [7, 11) is 0. The molecule has 2 atom stereocenters. The smallest absolute Gasteiger partial charge is 0.337 e. The Morgan fingerprint density at radius 2 is 2.00 bits per heavy atom. The summed E-state index contributed by atoms with van der Waals surface area (Å²) in [6, 6.07) is 5.68. The van der Waals surface area contributed by atoms with Gasteiger partial charge in [-0.1, -0.05) is 12.5 Å². The van der Waals surface area contributed by atoms with E-state index in [0.717, 1.165) is 12.8 Å². The molecular weight excluding hydrogens is 242 g/mol. The van der Waals surface area contributed by atoms with Crippen LogP contribution in [0.15, 0.2) is 18.2 Å². The highest BCUT2D eigenvalue weighted by molar-refractivity contribution is 5.97. The lowest BCUT2D eigenvalue weighted by molar-refractivity contribution is 0.0696. The number of hydrogen-bond donors (Lipinski definition) is 3. The standard InChI is InChI=1S/C14H21N3O2/c1-9-5-3-6-10(2)17(9)16-13-11(14(18)19)7-4-8-12(13)15/h4,7-10,16H,3,5-6,15H2,1-2H3,(H,18,19). The fourth-order valence-corrected chi connectivity index (χ4v) is 2.64. The summed E-state index contributed by atoms with van der Waals surface area (Å²) in [5.74, 6) is -0.966. The van der Waals surface area contributed by atoms with Crippen molar-refractivity contribution in [3.05, 3.63) is 23.8 Å². The van der Waals surface area contributed by atoms with Gasteiger partial charge in [0.05, 0.1) is 16.9 Å². The van der Waals surface area contributed by atoms with E-state index in [1.807, 2.05) is 0 Å². The van der Waals surface area contributed by atoms with E-state index < -0.39 is 5.97 Å². The quantitative estimate of drug-likeness (QED) is 0.730. The lowest BCUT2D eigenvalue weighted by Crippen LogP contribution is -2.47. The number of carbonyl (C=O) groups is 1. The predicted molar refractivity (Wildman–Crippen MR) is 76.1 cm³/mol. The second kappa shape index (κ2) is 5.48. The number of hydrogen-bond acceptors (Lipinski definition) is 4. The fraction of sp³-hybridized carbons (Fsp3) is 0.500. The number of carboxylic acid groups (broad SMARTS) is 1. The van der Waals surface area contributed by atoms with Crippen molar-refractivity contribution >= 4 is 17.3 Å². The van der Waals surface area contributed by atoms with Gasteiger partial charge in [-0.15, -0.1) is 0 Å². The van der Waals surface area contributed by atoms with Gasteiger partial charge in [0.2, 0.25) is 0 Å². The number of piperidine rings is 1. The van der Waals surface area contributed by atoms with Crippen molar-refractivity contribution in [1.82, 2.24) is 5.01 Å². The Morgan fingerprint density at radius 1 is 1.37 bits per heavy atom. The molecule has 0 radical (unpaired) electrons. The summed E-state index contributed by atoms with van der Waals surface area (Å²) in [6.45, 7) is 4.28. The Kier molecular flexibility index (Phi) is 3.95. The Morgan fingerprint density at radius 3 is 2.58 bits per heavy atom. The van der Waals surface area contributed by atoms with E-state index in [2.05, 4.69) is 24.3 Å². The molecule has 2 unspecified atom stereocenters. The van der Waals surface area contributed by atoms with Crippen molar-refractivity contribution in [3.63, 3.8) is 0 Å². The molecule has 0 aromatic heterocycles. The van der Waals surface area contributed by atoms with E-state index in [4.69, 9.17) is 5.73 Å². The van der Waals surface area contributed by atoms with Crippen LogP contribution in [-0.2, 0) is 0 Å². The van der Waals surface area contributed by atoms with Gasteiger partial charge in [-0.2, -0.15) is 0 Å². The molecule has 1 fully saturated rings. The largest absolute Gasteiger partial charge is 0.478 e. The van der Waals surface area contributed by atoms with Crippen molar-refractivity contribution < 1.29 is 9.90 Å². The summed E-state index contributed by atoms with van der Waals surface area (Å²) < 4.78 is 0. The van der Waals surface area contributed by atoms with Crippen LogP contribution >= 0.6 is 0 Å². The summed E-state index contributed by atoms with van der Waals surface area (Å²) >= 11 is 0. The summed E-state index contributed by atoms with van der Waals surface area (Å²) in [6.07, 6.45) is 3.41. The highest BCUT2D eigenvalue weighted by atomic mass is 16.4. The van der Waals surface area contributed by atoms with E-state index >= 15 is 0 Å². The van der Waals surface area contributed by atoms with E-state index in [-0.39, 0.29) is 5.56 Å². The Balaban J connectivity index is 2.29. The third-order valence-electron chi connectivity index (χ3n) is 3.76. The molecule has 1 aliphatic rings. The molecule has 1 heterocycles. The fourth-order valence-electron chi connectivity index (χ4n) is 2.64. The molecule has 0 spiro atoms. The van der Waals surface area contributed by atoms with Gasteiger partial charge in [-0.05, 0) is 38.8 Å². The molecular formula is C14H21N3O2. The molecule has 4 N–H and O–H groups in total. The first kappa shape index (κ1) is 13.7. The minimum Gasteiger partial charge on any atom is -0.478 e. The van der Waals surface area contributed by atoms with Gasteiger partial charge in [0.25, 0.3) is 0 Å². The van der Waals surface area contributed by atoms with Crippen LogP contribution in [0.4, 0.5) is 11.4 Å². The number of nitrogens with one attached hydrogen (secondary N) is 1. The van der Waals surface area contributed by atoms with Crippen LogP contribution in [0.3, 0.4) is 0 Å². The van der Waals surface area contributed by atoms with Crippen molar-refractivity contribution in [2.24, 2.45) is 0 Å². The van der Waals surface area contributed by atoms with Crippen LogP contribution < -0.4 is 11.2 Å². The number of carboxylic acids is 1. The second-order valence-electron chi connectivity index (χ2n) is 5.22. The van der Waals surface area contributed by atoms with Gasteiger partial charge < -0.3 is 16.3 Å². The third kappa shape index (κ3) is 2.81. The first-order valence-electron chi connectivity index (χ1n) is 6.67. The van der Waals surface area contributed by atoms with Crippen LogP contribution in [0, 0.1) is 0 Å². The number of benzene rings is 1. The molecule has 104 valence electrons. The Bertz CT molecular complexity index is 466. The zero-order chi connectivity index (χ0) is 14.0. The molecule has 5 heteroatoms. The first-order valence-corrected chi connectivity index (χ1v) is 6.67. The highest BCUT2D eigenvalue weighted by Crippen LogP contribution is 2.28. The minimum absolute atomic E-state index is 0.213. The number of nitrogens with zero attached hydrogens (tertiary/aromatic N) is 1. The van der Waals surface area contributed by atoms with Gasteiger partial charge in [0, 0.05) is 12.1 Å². The molecule has 5 nitrogen and oxygen atoms in total. The molecule has 1 aromatic rings. The molecule has 0 bridgehead atoms. The number of nitrogen functional groups attached to an aromatic ring is 1. The van der Waals surface area contributed by atoms with Crippen LogP contribution in [0.2, 0.25) is 0 Å². The van der Waals surface area contributed by atoms with E-state index in [1.165, 1.54) is 6.42 Å². The van der Waals surface area contributed by atoms with E-state index in [0.29, 0.717) is 23.5 Å². The number of para-hydroxylation sites is 1. The molecule has 1 aliphatic heterocycles. The average Bonchev–Trinajstić information content (AvgIpc) is 2.35. The highest BCUT2D eigenvalue weighted by Gasteiger charge is 2.26. The van der Waals surface area contributed by atoms with Crippen LogP contribution in [0.1, 0.15) is 43.5 Å². The average molecular weight is 263 g/mol. The molecule has 1 aromatic carbocycles. The van der Waals surface area contributed by atoms with Crippen LogP contribution in [0.5, 0.6) is 0 Å². The molecule has 1 saturated heterocycles. The van der Waals surface area contributed by atoms with Crippen molar-refractivity contribution in [1.29, 1.82) is 0 Å². The van der Waals surface area contributed by atoms with Gasteiger partial charge in [0.1, 0.15) is 0 Å². The Labute approximate surface area is 113 Å². The number of rotatable bonds is 3. The topological polar surface area (TPSA) is 78.6 Å². The van der Waals surface area contributed by atoms with Crippen molar-refractivity contribution in [2.45, 2.75) is 45.2 Å². The Hall–Kier alpha value is -1.75. The summed E-state index contributed by atoms with van der Waals surface area (Å²) in [5.41, 5.74) is 10.3. The predicted octanol–water partition coefficient (Wildman–Crippen LogP) is 2.56. The van der Waals surface area contributed by atoms with Gasteiger partial charge in [-0.3, -0.25) is 0 Å². The van der Waals surface area contributed by atoms with Crippen molar-refractivity contribution in [3.8, 4) is 0 Å². The van der Waals surface area contributed by atoms with Gasteiger partial charge in [-0.25, -0.2) is 9.80 Å². The number of nitrogens with two attached hydrogens (primary N) is 1. The summed E-state index contributed by atoms with van der Waals surface area (Å²) in [5, 5.41) is 11.4. The zero-order valence-corrected chi connectivity index (χ0v) is 11.4. The maximum Gasteiger partial charge on any atom is 0.337 e. The van der Waals surface area contributed by atoms with Crippen LogP contribution in [0.25, 0.3) is 0 Å². The lowest BCUT2D eigenvalue weighted by atomic mass is 9.99. The van der Waals surface area contributed by atoms with E-state index in [9.17, 15) is 9.90 Å². The monoisotopic (exact) mass is 263 g/mol. The van der Waals surface area contributed by atoms with Crippen LogP contribution in [-0.4, -0.2) is 28.2 Å². The zero-order valence-electron chi connectivity index (χ0n) is 11.4. The molecule has 19 heavy (non-hydrogen) atoms. The van der Waals surface area contributed by atoms with Gasteiger partial charge >= 0.3 is 5.97 Å². The minimum atomic E-state index is -0.966. The summed E-state index contributed by atoms with van der Waals surface area (Å²) in [4.78, 5) is 11.3. The SMILES string of the molecule is CC1CCCC(C)N1Nc1c(N)cccc1C(=O)O. The molecule has 0 saturated carbocycles. The first-order chi connectivity index (χ1) is 9.00. The van der Waals surface area contributed by atoms with Crippen molar-refractivity contribution in [2.75, 3.05) is 11.2 Å². The normalized spacial score (nSPS) is 24.1. The second-order valence-corrected chi connectivity index (χ2v) is 5.22. The molecule has 2 rings (SSSR count). The number of hydrazine groups is 1. The van der Waals surface area contributed by atoms with Gasteiger partial charge in [0.15, 0.2) is 0 Å².